The Kier molecular flexibility index (Phi) is 4.17. The highest BCUT2D eigenvalue weighted by Gasteiger charge is 2.07. The molecular weight excluding hydrogens is 286 g/mol. The molecule has 0 aliphatic heterocycles. The number of imidazole rings is 1. The van der Waals surface area contributed by atoms with Crippen LogP contribution in [0, 0.1) is 0 Å². The largest absolute Gasteiger partial charge is 0.497 e. The molecule has 110 valence electrons. The van der Waals surface area contributed by atoms with Crippen LogP contribution < -0.4 is 10.1 Å². The van der Waals surface area contributed by atoms with E-state index in [-0.39, 0.29) is 0 Å². The molecule has 0 aliphatic rings. The number of thioether (sulfide) groups is 1. The lowest BCUT2D eigenvalue weighted by molar-refractivity contribution is 0.415. The van der Waals surface area contributed by atoms with Crippen molar-refractivity contribution in [2.45, 2.75) is 17.5 Å². The van der Waals surface area contributed by atoms with E-state index in [9.17, 15) is 0 Å². The van der Waals surface area contributed by atoms with E-state index < -0.39 is 0 Å². The van der Waals surface area contributed by atoms with Crippen molar-refractivity contribution in [1.29, 1.82) is 0 Å². The first kappa shape index (κ1) is 14.0. The average Bonchev–Trinajstić information content (AvgIpc) is 3.10. The number of furan rings is 1. The molecule has 0 amide bonds. The van der Waals surface area contributed by atoms with Crippen LogP contribution in [0.25, 0.3) is 11.0 Å². The number of fused-ring (bicyclic) bond motifs is 1. The molecule has 2 N–H and O–H groups in total. The summed E-state index contributed by atoms with van der Waals surface area (Å²) in [7, 11) is 3.56. The van der Waals surface area contributed by atoms with E-state index in [0.29, 0.717) is 0 Å². The molecule has 3 rings (SSSR count). The van der Waals surface area contributed by atoms with Crippen LogP contribution in [0.5, 0.6) is 5.75 Å². The van der Waals surface area contributed by atoms with Gasteiger partial charge in [0.15, 0.2) is 5.16 Å². The fourth-order valence-electron chi connectivity index (χ4n) is 2.07. The van der Waals surface area contributed by atoms with Crippen molar-refractivity contribution in [2.75, 3.05) is 14.2 Å². The van der Waals surface area contributed by atoms with Gasteiger partial charge in [0, 0.05) is 6.07 Å². The van der Waals surface area contributed by atoms with Gasteiger partial charge in [0.25, 0.3) is 0 Å². The topological polar surface area (TPSA) is 63.1 Å². The molecular formula is C15H17N3O2S. The van der Waals surface area contributed by atoms with Crippen LogP contribution in [0.2, 0.25) is 0 Å². The normalized spacial score (nSPS) is 11.1. The van der Waals surface area contributed by atoms with Crippen molar-refractivity contribution < 1.29 is 9.15 Å². The Balaban J connectivity index is 1.69. The van der Waals surface area contributed by atoms with Crippen LogP contribution >= 0.6 is 11.8 Å². The summed E-state index contributed by atoms with van der Waals surface area (Å²) in [6.45, 7) is 0.745. The summed E-state index contributed by atoms with van der Waals surface area (Å²) in [6, 6.07) is 9.81. The van der Waals surface area contributed by atoms with Crippen LogP contribution in [0.15, 0.2) is 39.9 Å². The van der Waals surface area contributed by atoms with Gasteiger partial charge in [0.2, 0.25) is 0 Å². The maximum atomic E-state index is 5.71. The number of nitrogens with one attached hydrogen (secondary N) is 2. The number of ether oxygens (including phenoxy) is 1. The molecule has 0 aliphatic carbocycles. The van der Waals surface area contributed by atoms with Gasteiger partial charge < -0.3 is 19.5 Å². The molecule has 3 aromatic rings. The number of hydrogen-bond donors (Lipinski definition) is 2. The maximum Gasteiger partial charge on any atom is 0.166 e. The molecule has 2 heterocycles. The third-order valence-corrected chi connectivity index (χ3v) is 3.98. The van der Waals surface area contributed by atoms with Gasteiger partial charge in [-0.05, 0) is 31.3 Å². The number of nitrogens with zero attached hydrogens (tertiary/aromatic N) is 1. The summed E-state index contributed by atoms with van der Waals surface area (Å²) >= 11 is 1.62. The summed E-state index contributed by atoms with van der Waals surface area (Å²) in [5.41, 5.74) is 1.92. The van der Waals surface area contributed by atoms with Gasteiger partial charge in [-0.1, -0.05) is 11.8 Å². The summed E-state index contributed by atoms with van der Waals surface area (Å²) in [4.78, 5) is 7.83. The highest BCUT2D eigenvalue weighted by atomic mass is 32.2. The van der Waals surface area contributed by atoms with Crippen molar-refractivity contribution in [3.8, 4) is 5.75 Å². The molecule has 0 radical (unpaired) electrons. The molecule has 0 bridgehead atoms. The minimum atomic E-state index is 0.745. The number of aromatic nitrogens is 2. The number of aromatic amines is 1. The van der Waals surface area contributed by atoms with Crippen LogP contribution in [0.1, 0.15) is 11.5 Å². The average molecular weight is 303 g/mol. The van der Waals surface area contributed by atoms with E-state index in [4.69, 9.17) is 9.15 Å². The number of benzene rings is 1. The first-order valence-electron chi connectivity index (χ1n) is 6.67. The van der Waals surface area contributed by atoms with Gasteiger partial charge in [-0.15, -0.1) is 0 Å². The van der Waals surface area contributed by atoms with E-state index in [1.54, 1.807) is 18.9 Å². The molecule has 5 nitrogen and oxygen atoms in total. The first-order valence-corrected chi connectivity index (χ1v) is 7.66. The zero-order valence-corrected chi connectivity index (χ0v) is 12.8. The van der Waals surface area contributed by atoms with Gasteiger partial charge in [0.05, 0.1) is 30.4 Å². The molecule has 0 unspecified atom stereocenters. The molecule has 0 spiro atoms. The van der Waals surface area contributed by atoms with Crippen molar-refractivity contribution >= 4 is 22.8 Å². The number of H-pyrrole nitrogens is 1. The quantitative estimate of drug-likeness (QED) is 0.685. The highest BCUT2D eigenvalue weighted by Crippen LogP contribution is 2.25. The van der Waals surface area contributed by atoms with Crippen LogP contribution in [-0.4, -0.2) is 24.1 Å². The Hall–Kier alpha value is -1.92. The number of hydrogen-bond acceptors (Lipinski definition) is 5. The SMILES string of the molecule is CNCc1ccc(CSc2nc3ccc(OC)cc3[nH]2)o1. The van der Waals surface area contributed by atoms with Crippen molar-refractivity contribution in [3.63, 3.8) is 0 Å². The Bertz CT molecular complexity index is 735. The van der Waals surface area contributed by atoms with Gasteiger partial charge in [-0.25, -0.2) is 4.98 Å². The van der Waals surface area contributed by atoms with Gasteiger partial charge in [-0.2, -0.15) is 0 Å². The van der Waals surface area contributed by atoms with E-state index >= 15 is 0 Å². The van der Waals surface area contributed by atoms with Crippen molar-refractivity contribution in [1.82, 2.24) is 15.3 Å². The lowest BCUT2D eigenvalue weighted by Gasteiger charge is -1.96. The highest BCUT2D eigenvalue weighted by molar-refractivity contribution is 7.98. The molecule has 21 heavy (non-hydrogen) atoms. The zero-order valence-electron chi connectivity index (χ0n) is 12.0. The van der Waals surface area contributed by atoms with Gasteiger partial charge in [0.1, 0.15) is 17.3 Å². The standard InChI is InChI=1S/C15H17N3O2S/c1-16-8-11-3-4-12(20-11)9-21-15-17-13-6-5-10(19-2)7-14(13)18-15/h3-7,16H,8-9H2,1-2H3,(H,17,18). The van der Waals surface area contributed by atoms with Crippen molar-refractivity contribution in [3.05, 3.63) is 41.9 Å². The Morgan fingerprint density at radius 2 is 2.14 bits per heavy atom. The molecule has 0 fully saturated rings. The van der Waals surface area contributed by atoms with Crippen LogP contribution in [-0.2, 0) is 12.3 Å². The molecule has 0 saturated heterocycles. The smallest absolute Gasteiger partial charge is 0.166 e. The summed E-state index contributed by atoms with van der Waals surface area (Å²) in [5.74, 6) is 3.47. The second-order valence-corrected chi connectivity index (χ2v) is 5.58. The Labute approximate surface area is 127 Å². The predicted octanol–water partition coefficient (Wildman–Crippen LogP) is 3.18. The third kappa shape index (κ3) is 3.22. The fraction of sp³-hybridized carbons (Fsp3) is 0.267. The summed E-state index contributed by atoms with van der Waals surface area (Å²) in [5, 5.41) is 3.95. The van der Waals surface area contributed by atoms with E-state index in [2.05, 4.69) is 15.3 Å². The molecule has 2 aromatic heterocycles. The second kappa shape index (κ2) is 6.24. The number of methoxy groups -OCH3 is 1. The fourth-order valence-corrected chi connectivity index (χ4v) is 2.85. The van der Waals surface area contributed by atoms with E-state index in [0.717, 1.165) is 45.8 Å². The van der Waals surface area contributed by atoms with Gasteiger partial charge >= 0.3 is 0 Å². The van der Waals surface area contributed by atoms with Crippen molar-refractivity contribution in [2.24, 2.45) is 0 Å². The Morgan fingerprint density at radius 1 is 1.29 bits per heavy atom. The van der Waals surface area contributed by atoms with Crippen LogP contribution in [0.3, 0.4) is 0 Å². The number of rotatable bonds is 6. The van der Waals surface area contributed by atoms with Gasteiger partial charge in [-0.3, -0.25) is 0 Å². The predicted molar refractivity (Wildman–Crippen MR) is 83.7 cm³/mol. The molecule has 6 heteroatoms. The third-order valence-electron chi connectivity index (χ3n) is 3.09. The first-order chi connectivity index (χ1) is 10.3. The minimum absolute atomic E-state index is 0.745. The maximum absolute atomic E-state index is 5.71. The van der Waals surface area contributed by atoms with E-state index in [1.807, 2.05) is 37.4 Å². The van der Waals surface area contributed by atoms with E-state index in [1.165, 1.54) is 0 Å². The monoisotopic (exact) mass is 303 g/mol. The lowest BCUT2D eigenvalue weighted by Crippen LogP contribution is -2.03. The molecule has 0 atom stereocenters. The summed E-state index contributed by atoms with van der Waals surface area (Å²) < 4.78 is 10.9. The lowest BCUT2D eigenvalue weighted by atomic mass is 10.3. The molecule has 1 aromatic carbocycles. The minimum Gasteiger partial charge on any atom is -0.497 e. The Morgan fingerprint density at radius 3 is 2.95 bits per heavy atom. The zero-order chi connectivity index (χ0) is 14.7. The van der Waals surface area contributed by atoms with Crippen LogP contribution in [0.4, 0.5) is 0 Å². The molecule has 0 saturated carbocycles. The second-order valence-electron chi connectivity index (χ2n) is 4.61. The summed E-state index contributed by atoms with van der Waals surface area (Å²) in [6.07, 6.45) is 0.